The van der Waals surface area contributed by atoms with Gasteiger partial charge in [-0.25, -0.2) is 13.1 Å². The molecule has 0 bridgehead atoms. The fraction of sp³-hybridized carbons (Fsp3) is 0.250. The Hall–Kier alpha value is -3.02. The molecule has 1 aromatic carbocycles. The van der Waals surface area contributed by atoms with E-state index in [9.17, 15) is 18.0 Å². The molecule has 162 valence electrons. The van der Waals surface area contributed by atoms with E-state index in [4.69, 9.17) is 4.74 Å². The summed E-state index contributed by atoms with van der Waals surface area (Å²) < 4.78 is 35.1. The van der Waals surface area contributed by atoms with Crippen LogP contribution in [-0.2, 0) is 21.4 Å². The summed E-state index contributed by atoms with van der Waals surface area (Å²) in [6, 6.07) is 8.36. The summed E-state index contributed by atoms with van der Waals surface area (Å²) in [4.78, 5) is 25.3. The van der Waals surface area contributed by atoms with Gasteiger partial charge in [-0.3, -0.25) is 9.59 Å². The smallest absolute Gasteiger partial charge is 0.249 e. The number of hydrogen-bond acceptors (Lipinski definition) is 7. The number of amides is 1. The van der Waals surface area contributed by atoms with Crippen molar-refractivity contribution in [3.05, 3.63) is 46.3 Å². The first kappa shape index (κ1) is 21.2. The van der Waals surface area contributed by atoms with Crippen LogP contribution in [0.15, 0.2) is 40.6 Å². The Morgan fingerprint density at radius 1 is 1.26 bits per heavy atom. The molecule has 0 radical (unpaired) electrons. The highest BCUT2D eigenvalue weighted by atomic mass is 32.2. The van der Waals surface area contributed by atoms with Crippen molar-refractivity contribution in [1.82, 2.24) is 14.5 Å². The van der Waals surface area contributed by atoms with Crippen LogP contribution in [0.3, 0.4) is 0 Å². The van der Waals surface area contributed by atoms with Crippen LogP contribution in [0.5, 0.6) is 5.75 Å². The summed E-state index contributed by atoms with van der Waals surface area (Å²) in [5.74, 6) is -0.183. The van der Waals surface area contributed by atoms with Crippen molar-refractivity contribution in [3.8, 4) is 16.9 Å². The fourth-order valence-corrected chi connectivity index (χ4v) is 5.32. The van der Waals surface area contributed by atoms with E-state index in [1.54, 1.807) is 19.1 Å². The molecule has 9 nitrogen and oxygen atoms in total. The van der Waals surface area contributed by atoms with Gasteiger partial charge >= 0.3 is 0 Å². The van der Waals surface area contributed by atoms with Crippen LogP contribution >= 0.6 is 11.3 Å². The quantitative estimate of drug-likeness (QED) is 0.584. The largest absolute Gasteiger partial charge is 0.495 e. The Morgan fingerprint density at radius 3 is 2.77 bits per heavy atom. The van der Waals surface area contributed by atoms with E-state index in [-0.39, 0.29) is 47.7 Å². The molecule has 4 rings (SSSR count). The summed E-state index contributed by atoms with van der Waals surface area (Å²) in [5, 5.41) is 8.85. The van der Waals surface area contributed by atoms with E-state index >= 15 is 0 Å². The van der Waals surface area contributed by atoms with Gasteiger partial charge < -0.3 is 10.1 Å². The number of nitrogens with zero attached hydrogens (tertiary/aromatic N) is 2. The Morgan fingerprint density at radius 2 is 2.06 bits per heavy atom. The molecule has 2 N–H and O–H groups in total. The second-order valence-corrected chi connectivity index (χ2v) is 9.70. The number of sulfonamides is 1. The zero-order valence-corrected chi connectivity index (χ0v) is 18.5. The van der Waals surface area contributed by atoms with Crippen LogP contribution in [0, 0.1) is 6.92 Å². The molecule has 0 aliphatic carbocycles. The molecule has 0 saturated heterocycles. The number of thiophene rings is 1. The minimum Gasteiger partial charge on any atom is -0.495 e. The molecule has 0 saturated carbocycles. The van der Waals surface area contributed by atoms with E-state index in [0.29, 0.717) is 16.8 Å². The first-order chi connectivity index (χ1) is 14.8. The van der Waals surface area contributed by atoms with Gasteiger partial charge in [-0.05, 0) is 36.1 Å². The molecule has 1 aliphatic rings. The number of ether oxygens (including phenoxy) is 1. The lowest BCUT2D eigenvalue weighted by molar-refractivity contribution is -0.116. The minimum absolute atomic E-state index is 0.0466. The molecule has 11 heteroatoms. The van der Waals surface area contributed by atoms with Crippen LogP contribution in [0.2, 0.25) is 0 Å². The van der Waals surface area contributed by atoms with Crippen molar-refractivity contribution in [3.63, 3.8) is 0 Å². The predicted octanol–water partition coefficient (Wildman–Crippen LogP) is 2.78. The highest BCUT2D eigenvalue weighted by Crippen LogP contribution is 2.36. The van der Waals surface area contributed by atoms with Crippen molar-refractivity contribution < 1.29 is 22.7 Å². The molecule has 0 fully saturated rings. The number of fused-ring (bicyclic) bond motifs is 1. The molecule has 2 aromatic heterocycles. The standard InChI is InChI=1S/C20H20N4O5S2/c1-12-19(20-22-17(25)7-8-18(26)24(20)23-12)13-5-6-15(29-2)16(10-13)31(27,28)21-11-14-4-3-9-30-14/h3-6,9-10,21H,7-8,11H2,1-2H3,(H,22,25). The highest BCUT2D eigenvalue weighted by molar-refractivity contribution is 7.89. The zero-order valence-electron chi connectivity index (χ0n) is 16.8. The van der Waals surface area contributed by atoms with Gasteiger partial charge in [-0.1, -0.05) is 12.1 Å². The molecule has 0 unspecified atom stereocenters. The summed E-state index contributed by atoms with van der Waals surface area (Å²) in [6.45, 7) is 1.85. The van der Waals surface area contributed by atoms with Crippen molar-refractivity contribution >= 4 is 39.0 Å². The van der Waals surface area contributed by atoms with Gasteiger partial charge in [-0.2, -0.15) is 9.78 Å². The summed E-state index contributed by atoms with van der Waals surface area (Å²) in [5.41, 5.74) is 1.47. The summed E-state index contributed by atoms with van der Waals surface area (Å²) in [7, 11) is -2.51. The van der Waals surface area contributed by atoms with Gasteiger partial charge in [0.1, 0.15) is 16.5 Å². The number of nitrogens with one attached hydrogen (secondary N) is 2. The second kappa shape index (κ2) is 8.25. The number of aromatic nitrogens is 2. The van der Waals surface area contributed by atoms with Gasteiger partial charge in [0.2, 0.25) is 21.8 Å². The first-order valence-electron chi connectivity index (χ1n) is 9.43. The number of carbonyl (C=O) groups excluding carboxylic acids is 2. The van der Waals surface area contributed by atoms with Crippen LogP contribution in [0.25, 0.3) is 11.1 Å². The Kier molecular flexibility index (Phi) is 5.65. The van der Waals surface area contributed by atoms with E-state index in [2.05, 4.69) is 15.1 Å². The molecule has 0 spiro atoms. The molecule has 1 aliphatic heterocycles. The Labute approximate surface area is 183 Å². The van der Waals surface area contributed by atoms with Crippen molar-refractivity contribution in [2.45, 2.75) is 31.2 Å². The average molecular weight is 461 g/mol. The number of aryl methyl sites for hydroxylation is 1. The van der Waals surface area contributed by atoms with Crippen LogP contribution in [-0.4, -0.2) is 37.1 Å². The van der Waals surface area contributed by atoms with Crippen LogP contribution < -0.4 is 14.8 Å². The van der Waals surface area contributed by atoms with Gasteiger partial charge in [0.05, 0.1) is 12.8 Å². The van der Waals surface area contributed by atoms with Crippen LogP contribution in [0.4, 0.5) is 5.82 Å². The zero-order chi connectivity index (χ0) is 22.2. The topological polar surface area (TPSA) is 119 Å². The van der Waals surface area contributed by atoms with E-state index in [0.717, 1.165) is 4.88 Å². The Balaban J connectivity index is 1.78. The van der Waals surface area contributed by atoms with E-state index in [1.807, 2.05) is 17.5 Å². The second-order valence-electron chi connectivity index (χ2n) is 6.93. The van der Waals surface area contributed by atoms with E-state index in [1.165, 1.54) is 29.2 Å². The maximum atomic E-state index is 13.0. The summed E-state index contributed by atoms with van der Waals surface area (Å²) in [6.07, 6.45) is 0.115. The van der Waals surface area contributed by atoms with Gasteiger partial charge in [0.15, 0.2) is 0 Å². The average Bonchev–Trinajstić information content (AvgIpc) is 3.35. The molecular formula is C20H20N4O5S2. The maximum absolute atomic E-state index is 13.0. The normalized spacial score (nSPS) is 14.1. The molecule has 1 amide bonds. The number of anilines is 1. The van der Waals surface area contributed by atoms with Gasteiger partial charge in [-0.15, -0.1) is 11.3 Å². The maximum Gasteiger partial charge on any atom is 0.249 e. The number of carbonyl (C=O) groups is 2. The number of benzene rings is 1. The fourth-order valence-electron chi connectivity index (χ4n) is 3.39. The molecule has 0 atom stereocenters. The van der Waals surface area contributed by atoms with Crippen molar-refractivity contribution in [1.29, 1.82) is 0 Å². The van der Waals surface area contributed by atoms with Crippen molar-refractivity contribution in [2.24, 2.45) is 0 Å². The SMILES string of the molecule is COc1ccc(-c2c(C)nn3c2NC(=O)CCC3=O)cc1S(=O)(=O)NCc1cccs1. The molecule has 31 heavy (non-hydrogen) atoms. The molecular weight excluding hydrogens is 440 g/mol. The third kappa shape index (κ3) is 4.11. The lowest BCUT2D eigenvalue weighted by atomic mass is 10.1. The monoisotopic (exact) mass is 460 g/mol. The summed E-state index contributed by atoms with van der Waals surface area (Å²) >= 11 is 1.45. The Bertz CT molecular complexity index is 1260. The number of methoxy groups -OCH3 is 1. The number of rotatable bonds is 6. The third-order valence-electron chi connectivity index (χ3n) is 4.88. The first-order valence-corrected chi connectivity index (χ1v) is 11.8. The number of hydrogen-bond donors (Lipinski definition) is 2. The van der Waals surface area contributed by atoms with E-state index < -0.39 is 10.0 Å². The highest BCUT2D eigenvalue weighted by Gasteiger charge is 2.28. The molecule has 3 aromatic rings. The van der Waals surface area contributed by atoms with Gasteiger partial charge in [0.25, 0.3) is 0 Å². The minimum atomic E-state index is -3.91. The molecule has 3 heterocycles. The lowest BCUT2D eigenvalue weighted by Gasteiger charge is -2.13. The van der Waals surface area contributed by atoms with Crippen LogP contribution in [0.1, 0.15) is 28.2 Å². The van der Waals surface area contributed by atoms with Crippen molar-refractivity contribution in [2.75, 3.05) is 12.4 Å². The predicted molar refractivity (Wildman–Crippen MR) is 116 cm³/mol. The van der Waals surface area contributed by atoms with Gasteiger partial charge in [0, 0.05) is 29.8 Å². The lowest BCUT2D eigenvalue weighted by Crippen LogP contribution is -2.23. The third-order valence-corrected chi connectivity index (χ3v) is 7.18.